The van der Waals surface area contributed by atoms with Crippen molar-refractivity contribution < 1.29 is 4.42 Å². The maximum absolute atomic E-state index is 7.39. The van der Waals surface area contributed by atoms with E-state index in [0.29, 0.717) is 0 Å². The molecule has 3 aliphatic carbocycles. The molecule has 0 saturated heterocycles. The van der Waals surface area contributed by atoms with Crippen LogP contribution < -0.4 is 16.2 Å². The van der Waals surface area contributed by atoms with Gasteiger partial charge in [-0.25, -0.2) is 0 Å². The lowest BCUT2D eigenvalue weighted by atomic mass is 9.58. The van der Waals surface area contributed by atoms with Crippen LogP contribution in [0.5, 0.6) is 0 Å². The number of nitrogens with zero attached hydrogens (tertiary/aromatic N) is 1. The molecule has 70 heavy (non-hydrogen) atoms. The molecule has 1 aliphatic heterocycles. The summed E-state index contributed by atoms with van der Waals surface area (Å²) in [6.07, 6.45) is 2.30. The Hall–Kier alpha value is -6.78. The minimum absolute atomic E-state index is 0.0318. The van der Waals surface area contributed by atoms with Crippen LogP contribution in [0.15, 0.2) is 138 Å². The fourth-order valence-corrected chi connectivity index (χ4v) is 13.7. The Morgan fingerprint density at radius 2 is 1.14 bits per heavy atom. The molecule has 4 heteroatoms. The highest BCUT2D eigenvalue weighted by Gasteiger charge is 2.43. The summed E-state index contributed by atoms with van der Waals surface area (Å²) < 4.78 is 10.0. The lowest BCUT2D eigenvalue weighted by molar-refractivity contribution is 0.332. The molecule has 0 spiro atoms. The quantitative estimate of drug-likeness (QED) is 0.179. The molecule has 10 aromatic rings. The number of rotatable bonds is 3. The van der Waals surface area contributed by atoms with Gasteiger partial charge in [-0.15, -0.1) is 0 Å². The first kappa shape index (κ1) is 42.1. The van der Waals surface area contributed by atoms with E-state index in [9.17, 15) is 0 Å². The molecule has 1 radical (unpaired) electrons. The van der Waals surface area contributed by atoms with Gasteiger partial charge in [-0.05, 0) is 150 Å². The number of hydrogen-bond donors (Lipinski definition) is 1. The lowest BCUT2D eigenvalue weighted by Gasteiger charge is -2.42. The van der Waals surface area contributed by atoms with Gasteiger partial charge >= 0.3 is 0 Å². The van der Waals surface area contributed by atoms with Crippen LogP contribution in [0.4, 0.5) is 11.4 Å². The van der Waals surface area contributed by atoms with Crippen LogP contribution in [0.3, 0.4) is 0 Å². The Bertz CT molecular complexity index is 3970. The van der Waals surface area contributed by atoms with E-state index in [1.54, 1.807) is 0 Å². The molecule has 1 N–H and O–H groups in total. The van der Waals surface area contributed by atoms with E-state index in [-0.39, 0.29) is 27.1 Å². The maximum atomic E-state index is 7.39. The van der Waals surface area contributed by atoms with Gasteiger partial charge in [-0.2, -0.15) is 0 Å². The van der Waals surface area contributed by atoms with Crippen LogP contribution in [0, 0.1) is 0 Å². The molecular formula is C66H60BN2O. The first-order valence-electron chi connectivity index (χ1n) is 25.6. The minimum atomic E-state index is -0.211. The SMILES string of the molecule is CC(C)(C)c1ccc(Nc2cc3c(cc2-c2c4c5c(c6cc7c(cc6n5-c5cc6c(cc5[B]4)-c4ccccc4C6(C)C)C(C)(C)CCC7(C)C)c4oc5ccccc5c24)C(C)(C)c2ccccc2-3)cc1. The average Bonchev–Trinajstić information content (AvgIpc) is 4.01. The first-order valence-corrected chi connectivity index (χ1v) is 25.6. The van der Waals surface area contributed by atoms with Gasteiger partial charge in [0.15, 0.2) is 7.28 Å². The summed E-state index contributed by atoms with van der Waals surface area (Å²) in [6, 6.07) is 51.2. The van der Waals surface area contributed by atoms with E-state index >= 15 is 0 Å². The molecule has 0 atom stereocenters. The number of fused-ring (bicyclic) bond motifs is 16. The number of hydrogen-bond acceptors (Lipinski definition) is 2. The second kappa shape index (κ2) is 13.5. The van der Waals surface area contributed by atoms with Crippen LogP contribution in [0.2, 0.25) is 0 Å². The molecule has 3 heterocycles. The zero-order valence-corrected chi connectivity index (χ0v) is 42.5. The van der Waals surface area contributed by atoms with Gasteiger partial charge in [0.25, 0.3) is 0 Å². The average molecular weight is 908 g/mol. The molecule has 0 saturated carbocycles. The van der Waals surface area contributed by atoms with Crippen molar-refractivity contribution in [1.82, 2.24) is 4.57 Å². The molecule has 14 rings (SSSR count). The topological polar surface area (TPSA) is 30.1 Å². The van der Waals surface area contributed by atoms with E-state index in [0.717, 1.165) is 40.8 Å². The minimum Gasteiger partial charge on any atom is -0.455 e. The molecule has 0 amide bonds. The van der Waals surface area contributed by atoms with Crippen molar-refractivity contribution >= 4 is 73.3 Å². The zero-order valence-electron chi connectivity index (χ0n) is 42.5. The van der Waals surface area contributed by atoms with E-state index in [1.165, 1.54) is 116 Å². The summed E-state index contributed by atoms with van der Waals surface area (Å²) in [6.45, 7) is 26.3. The lowest BCUT2D eigenvalue weighted by Crippen LogP contribution is -2.38. The van der Waals surface area contributed by atoms with Crippen molar-refractivity contribution in [3.63, 3.8) is 0 Å². The molecule has 0 fully saturated rings. The third-order valence-corrected chi connectivity index (χ3v) is 17.8. The molecule has 2 aromatic heterocycles. The van der Waals surface area contributed by atoms with Crippen LogP contribution in [-0.4, -0.2) is 11.8 Å². The van der Waals surface area contributed by atoms with Crippen molar-refractivity contribution in [3.05, 3.63) is 172 Å². The number of aromatic nitrogens is 1. The third kappa shape index (κ3) is 5.48. The van der Waals surface area contributed by atoms with E-state index in [2.05, 4.69) is 227 Å². The predicted molar refractivity (Wildman–Crippen MR) is 297 cm³/mol. The van der Waals surface area contributed by atoms with Crippen molar-refractivity contribution in [1.29, 1.82) is 0 Å². The fraction of sp³-hybridized carbons (Fsp3) is 0.273. The van der Waals surface area contributed by atoms with Crippen molar-refractivity contribution in [2.75, 3.05) is 5.32 Å². The number of furan rings is 1. The predicted octanol–water partition coefficient (Wildman–Crippen LogP) is 16.3. The van der Waals surface area contributed by atoms with Crippen LogP contribution in [0.1, 0.15) is 128 Å². The number of para-hydroxylation sites is 1. The second-order valence-corrected chi connectivity index (χ2v) is 24.7. The number of anilines is 2. The van der Waals surface area contributed by atoms with Crippen molar-refractivity contribution in [3.8, 4) is 39.1 Å². The molecule has 0 bridgehead atoms. The summed E-state index contributed by atoms with van der Waals surface area (Å²) in [5, 5.41) is 8.85. The van der Waals surface area contributed by atoms with Gasteiger partial charge in [0.05, 0.1) is 16.4 Å². The third-order valence-electron chi connectivity index (χ3n) is 17.8. The van der Waals surface area contributed by atoms with E-state index in [1.807, 2.05) is 0 Å². The van der Waals surface area contributed by atoms with E-state index < -0.39 is 0 Å². The molecule has 3 nitrogen and oxygen atoms in total. The van der Waals surface area contributed by atoms with Gasteiger partial charge in [0, 0.05) is 49.6 Å². The highest BCUT2D eigenvalue weighted by atomic mass is 16.3. The highest BCUT2D eigenvalue weighted by molar-refractivity contribution is 6.74. The summed E-state index contributed by atoms with van der Waals surface area (Å²) in [7, 11) is 2.55. The number of benzene rings is 8. The van der Waals surface area contributed by atoms with E-state index in [4.69, 9.17) is 4.42 Å². The normalized spacial score (nSPS) is 17.2. The summed E-state index contributed by atoms with van der Waals surface area (Å²) in [5.74, 6) is 0. The standard InChI is InChI=1S/C66H60BN2O/c1-62(2,3)36-24-26-37(27-25-36)68-52-33-42-39-19-13-16-22-46(39)65(8,9)47(42)30-43(52)56-57-40-20-14-17-23-55(40)70-61(57)58-44-31-49-50(64(6,7)29-28-63(49,4)5)35-53(44)69-54-34-48-41(32-51(54)67-59(56)60(58)69)38-18-12-15-21-45(38)66(48,10)11/h12-27,30-35,68H,28-29H2,1-11H3. The Morgan fingerprint density at radius 1 is 0.543 bits per heavy atom. The Labute approximate surface area is 413 Å². The van der Waals surface area contributed by atoms with Gasteiger partial charge in [-0.1, -0.05) is 167 Å². The van der Waals surface area contributed by atoms with Gasteiger partial charge in [-0.3, -0.25) is 0 Å². The van der Waals surface area contributed by atoms with Crippen LogP contribution >= 0.6 is 0 Å². The maximum Gasteiger partial charge on any atom is 0.197 e. The highest BCUT2D eigenvalue weighted by Crippen LogP contribution is 2.56. The molecular weight excluding hydrogens is 848 g/mol. The largest absolute Gasteiger partial charge is 0.455 e. The first-order chi connectivity index (χ1) is 33.3. The molecule has 343 valence electrons. The Kier molecular flexibility index (Phi) is 8.15. The number of nitrogens with one attached hydrogen (secondary N) is 1. The summed E-state index contributed by atoms with van der Waals surface area (Å²) >= 11 is 0. The van der Waals surface area contributed by atoms with Crippen molar-refractivity contribution in [2.45, 2.75) is 116 Å². The smallest absolute Gasteiger partial charge is 0.197 e. The molecule has 8 aromatic carbocycles. The zero-order chi connectivity index (χ0) is 48.2. The summed E-state index contributed by atoms with van der Waals surface area (Å²) in [5.41, 5.74) is 27.3. The molecule has 4 aliphatic rings. The summed E-state index contributed by atoms with van der Waals surface area (Å²) in [4.78, 5) is 0. The Balaban J connectivity index is 1.16. The van der Waals surface area contributed by atoms with Crippen LogP contribution in [-0.2, 0) is 27.1 Å². The van der Waals surface area contributed by atoms with Crippen LogP contribution in [0.25, 0.3) is 82.8 Å². The van der Waals surface area contributed by atoms with Crippen molar-refractivity contribution in [2.24, 2.45) is 0 Å². The molecule has 0 unspecified atom stereocenters. The van der Waals surface area contributed by atoms with Gasteiger partial charge < -0.3 is 14.3 Å². The monoisotopic (exact) mass is 907 g/mol. The Morgan fingerprint density at radius 3 is 1.81 bits per heavy atom. The van der Waals surface area contributed by atoms with Gasteiger partial charge in [0.1, 0.15) is 11.2 Å². The fourth-order valence-electron chi connectivity index (χ4n) is 13.7. The second-order valence-electron chi connectivity index (χ2n) is 24.7. The van der Waals surface area contributed by atoms with Gasteiger partial charge in [0.2, 0.25) is 0 Å².